The number of aliphatic hydroxyl groups is 1. The van der Waals surface area contributed by atoms with E-state index in [-0.39, 0.29) is 11.6 Å². The molecule has 1 fully saturated rings. The van der Waals surface area contributed by atoms with Gasteiger partial charge in [0.2, 0.25) is 0 Å². The first-order valence-corrected chi connectivity index (χ1v) is 7.80. The predicted molar refractivity (Wildman–Crippen MR) is 84.7 cm³/mol. The van der Waals surface area contributed by atoms with Crippen molar-refractivity contribution in [1.29, 1.82) is 0 Å². The maximum atomic E-state index is 12.1. The zero-order chi connectivity index (χ0) is 16.1. The van der Waals surface area contributed by atoms with E-state index in [2.05, 4.69) is 20.9 Å². The molecule has 1 aliphatic heterocycles. The summed E-state index contributed by atoms with van der Waals surface area (Å²) in [5.41, 5.74) is 0.507. The van der Waals surface area contributed by atoms with Gasteiger partial charge >= 0.3 is 0 Å². The standard InChI is InChI=1S/C16H21N5O2/c22-15(18-10-13-4-2-1-3-5-13)14-11-21(20-19-14)12-16(23)6-8-17-9-7-16/h1-5,11,17,23H,6-10,12H2,(H,18,22). The lowest BCUT2D eigenvalue weighted by Gasteiger charge is -2.32. The van der Waals surface area contributed by atoms with Crippen molar-refractivity contribution in [2.75, 3.05) is 13.1 Å². The predicted octanol–water partition coefficient (Wildman–Crippen LogP) is 0.323. The largest absolute Gasteiger partial charge is 0.388 e. The van der Waals surface area contributed by atoms with Crippen LogP contribution >= 0.6 is 0 Å². The summed E-state index contributed by atoms with van der Waals surface area (Å²) in [4.78, 5) is 12.1. The molecule has 1 amide bonds. The Bertz CT molecular complexity index is 650. The molecule has 1 aliphatic rings. The molecule has 122 valence electrons. The number of carbonyl (C=O) groups excluding carboxylic acids is 1. The van der Waals surface area contributed by atoms with E-state index in [0.717, 1.165) is 18.7 Å². The lowest BCUT2D eigenvalue weighted by Crippen LogP contribution is -2.44. The van der Waals surface area contributed by atoms with Crippen LogP contribution in [-0.4, -0.2) is 44.7 Å². The third kappa shape index (κ3) is 4.14. The number of nitrogens with one attached hydrogen (secondary N) is 2. The molecule has 0 radical (unpaired) electrons. The van der Waals surface area contributed by atoms with Gasteiger partial charge < -0.3 is 15.7 Å². The van der Waals surface area contributed by atoms with Crippen LogP contribution in [0, 0.1) is 0 Å². The normalized spacial score (nSPS) is 16.9. The van der Waals surface area contributed by atoms with E-state index in [1.54, 1.807) is 10.9 Å². The number of piperidine rings is 1. The SMILES string of the molecule is O=C(NCc1ccccc1)c1cn(CC2(O)CCNCC2)nn1. The van der Waals surface area contributed by atoms with Gasteiger partial charge in [0.1, 0.15) is 0 Å². The highest BCUT2D eigenvalue weighted by molar-refractivity contribution is 5.91. The molecular weight excluding hydrogens is 294 g/mol. The van der Waals surface area contributed by atoms with Gasteiger partial charge in [-0.05, 0) is 31.5 Å². The molecule has 7 heteroatoms. The monoisotopic (exact) mass is 315 g/mol. The van der Waals surface area contributed by atoms with Gasteiger partial charge in [-0.15, -0.1) is 5.10 Å². The maximum absolute atomic E-state index is 12.1. The van der Waals surface area contributed by atoms with Crippen molar-refractivity contribution in [2.24, 2.45) is 0 Å². The molecule has 3 rings (SSSR count). The van der Waals surface area contributed by atoms with Crippen molar-refractivity contribution >= 4 is 5.91 Å². The van der Waals surface area contributed by atoms with E-state index in [1.807, 2.05) is 30.3 Å². The highest BCUT2D eigenvalue weighted by atomic mass is 16.3. The third-order valence-electron chi connectivity index (χ3n) is 4.06. The highest BCUT2D eigenvalue weighted by Crippen LogP contribution is 2.19. The molecule has 7 nitrogen and oxygen atoms in total. The van der Waals surface area contributed by atoms with Crippen LogP contribution in [-0.2, 0) is 13.1 Å². The zero-order valence-corrected chi connectivity index (χ0v) is 12.9. The number of benzene rings is 1. The molecule has 1 aromatic heterocycles. The zero-order valence-electron chi connectivity index (χ0n) is 12.9. The third-order valence-corrected chi connectivity index (χ3v) is 4.06. The minimum absolute atomic E-state index is 0.262. The van der Waals surface area contributed by atoms with Gasteiger partial charge in [0.15, 0.2) is 5.69 Å². The summed E-state index contributed by atoms with van der Waals surface area (Å²) in [6.45, 7) is 2.38. The molecule has 0 atom stereocenters. The first-order chi connectivity index (χ1) is 11.1. The Kier molecular flexibility index (Phi) is 4.68. The van der Waals surface area contributed by atoms with Crippen molar-refractivity contribution in [2.45, 2.75) is 31.5 Å². The summed E-state index contributed by atoms with van der Waals surface area (Å²) in [5.74, 6) is -0.266. The second-order valence-corrected chi connectivity index (χ2v) is 5.94. The van der Waals surface area contributed by atoms with Gasteiger partial charge in [-0.25, -0.2) is 4.68 Å². The lowest BCUT2D eigenvalue weighted by molar-refractivity contribution is -0.00866. The molecule has 2 aromatic rings. The van der Waals surface area contributed by atoms with Crippen LogP contribution in [0.5, 0.6) is 0 Å². The topological polar surface area (TPSA) is 92.1 Å². The van der Waals surface area contributed by atoms with E-state index in [9.17, 15) is 9.90 Å². The van der Waals surface area contributed by atoms with Crippen LogP contribution in [0.15, 0.2) is 36.5 Å². The summed E-state index contributed by atoms with van der Waals surface area (Å²) in [7, 11) is 0. The summed E-state index contributed by atoms with van der Waals surface area (Å²) in [6, 6.07) is 9.69. The highest BCUT2D eigenvalue weighted by Gasteiger charge is 2.30. The summed E-state index contributed by atoms with van der Waals surface area (Å²) in [5, 5.41) is 24.4. The van der Waals surface area contributed by atoms with Crippen LogP contribution in [0.2, 0.25) is 0 Å². The van der Waals surface area contributed by atoms with Crippen molar-refractivity contribution in [3.8, 4) is 0 Å². The number of hydrogen-bond donors (Lipinski definition) is 3. The number of rotatable bonds is 5. The summed E-state index contributed by atoms with van der Waals surface area (Å²) >= 11 is 0. The van der Waals surface area contributed by atoms with Crippen molar-refractivity contribution in [3.05, 3.63) is 47.8 Å². The van der Waals surface area contributed by atoms with Gasteiger partial charge in [0.25, 0.3) is 5.91 Å². The Hall–Kier alpha value is -2.25. The van der Waals surface area contributed by atoms with E-state index in [4.69, 9.17) is 0 Å². The molecule has 23 heavy (non-hydrogen) atoms. The van der Waals surface area contributed by atoms with Gasteiger partial charge in [-0.1, -0.05) is 35.5 Å². The molecular formula is C16H21N5O2. The van der Waals surface area contributed by atoms with Gasteiger partial charge in [-0.2, -0.15) is 0 Å². The van der Waals surface area contributed by atoms with Crippen LogP contribution in [0.25, 0.3) is 0 Å². The molecule has 2 heterocycles. The van der Waals surface area contributed by atoms with E-state index in [0.29, 0.717) is 25.9 Å². The van der Waals surface area contributed by atoms with Crippen molar-refractivity contribution in [3.63, 3.8) is 0 Å². The van der Waals surface area contributed by atoms with Gasteiger partial charge in [-0.3, -0.25) is 4.79 Å². The number of aromatic nitrogens is 3. The first-order valence-electron chi connectivity index (χ1n) is 7.80. The number of amides is 1. The maximum Gasteiger partial charge on any atom is 0.273 e. The number of hydrogen-bond acceptors (Lipinski definition) is 5. The van der Waals surface area contributed by atoms with E-state index >= 15 is 0 Å². The van der Waals surface area contributed by atoms with E-state index < -0.39 is 5.60 Å². The molecule has 1 aromatic carbocycles. The molecule has 0 saturated carbocycles. The van der Waals surface area contributed by atoms with Crippen LogP contribution in [0.3, 0.4) is 0 Å². The Balaban J connectivity index is 1.56. The molecule has 0 bridgehead atoms. The minimum atomic E-state index is -0.781. The fraction of sp³-hybridized carbons (Fsp3) is 0.438. The van der Waals surface area contributed by atoms with Crippen LogP contribution in [0.1, 0.15) is 28.9 Å². The van der Waals surface area contributed by atoms with E-state index in [1.165, 1.54) is 0 Å². The minimum Gasteiger partial charge on any atom is -0.388 e. The molecule has 0 spiro atoms. The Labute approximate surface area is 134 Å². The van der Waals surface area contributed by atoms with Gasteiger partial charge in [0, 0.05) is 6.54 Å². The van der Waals surface area contributed by atoms with Gasteiger partial charge in [0.05, 0.1) is 18.3 Å². The molecule has 3 N–H and O–H groups in total. The first kappa shape index (κ1) is 15.6. The van der Waals surface area contributed by atoms with Crippen molar-refractivity contribution < 1.29 is 9.90 Å². The summed E-state index contributed by atoms with van der Waals surface area (Å²) in [6.07, 6.45) is 2.92. The molecule has 0 aliphatic carbocycles. The van der Waals surface area contributed by atoms with Crippen LogP contribution < -0.4 is 10.6 Å². The Morgan fingerprint density at radius 3 is 2.78 bits per heavy atom. The lowest BCUT2D eigenvalue weighted by atomic mass is 9.92. The fourth-order valence-corrected chi connectivity index (χ4v) is 2.70. The molecule has 0 unspecified atom stereocenters. The van der Waals surface area contributed by atoms with Crippen molar-refractivity contribution in [1.82, 2.24) is 25.6 Å². The smallest absolute Gasteiger partial charge is 0.273 e. The average Bonchev–Trinajstić information content (AvgIpc) is 3.02. The fourth-order valence-electron chi connectivity index (χ4n) is 2.70. The number of nitrogens with zero attached hydrogens (tertiary/aromatic N) is 3. The average molecular weight is 315 g/mol. The Morgan fingerprint density at radius 2 is 2.04 bits per heavy atom. The van der Waals surface area contributed by atoms with Crippen LogP contribution in [0.4, 0.5) is 0 Å². The Morgan fingerprint density at radius 1 is 1.30 bits per heavy atom. The number of carbonyl (C=O) groups is 1. The quantitative estimate of drug-likeness (QED) is 0.739. The molecule has 1 saturated heterocycles. The second-order valence-electron chi connectivity index (χ2n) is 5.94. The summed E-state index contributed by atoms with van der Waals surface area (Å²) < 4.78 is 1.54. The second kappa shape index (κ2) is 6.89.